The van der Waals surface area contributed by atoms with Gasteiger partial charge in [-0.1, -0.05) is 13.8 Å². The van der Waals surface area contributed by atoms with Crippen LogP contribution in [0.15, 0.2) is 0 Å². The third-order valence-corrected chi connectivity index (χ3v) is 3.63. The fourth-order valence-corrected chi connectivity index (χ4v) is 2.38. The number of hydrogen-bond donors (Lipinski definition) is 2. The second-order valence-electron chi connectivity index (χ2n) is 5.69. The number of rotatable bonds is 5. The van der Waals surface area contributed by atoms with E-state index in [-0.39, 0.29) is 25.3 Å². The highest BCUT2D eigenvalue weighted by atomic mass is 19.4. The van der Waals surface area contributed by atoms with Crippen molar-refractivity contribution in [1.29, 1.82) is 0 Å². The van der Waals surface area contributed by atoms with Gasteiger partial charge in [-0.25, -0.2) is 4.79 Å². The van der Waals surface area contributed by atoms with Gasteiger partial charge in [-0.15, -0.1) is 0 Å². The molecular weight excluding hydrogens is 289 g/mol. The maximum Gasteiger partial charge on any atom is 0.404 e. The van der Waals surface area contributed by atoms with Gasteiger partial charge >= 0.3 is 12.1 Å². The van der Waals surface area contributed by atoms with Crippen LogP contribution in [0, 0.1) is 11.3 Å². The molecule has 0 radical (unpaired) electrons. The predicted molar refractivity (Wildman–Crippen MR) is 69.4 cm³/mol. The van der Waals surface area contributed by atoms with Crippen molar-refractivity contribution in [2.75, 3.05) is 20.2 Å². The summed E-state index contributed by atoms with van der Waals surface area (Å²) in [4.78, 5) is 23.8. The Labute approximate surface area is 121 Å². The Morgan fingerprint density at radius 2 is 2.00 bits per heavy atom. The molecule has 0 aromatic carbocycles. The number of esters is 1. The van der Waals surface area contributed by atoms with Gasteiger partial charge in [0.25, 0.3) is 0 Å². The predicted octanol–water partition coefficient (Wildman–Crippen LogP) is 1.23. The van der Waals surface area contributed by atoms with E-state index < -0.39 is 36.1 Å². The zero-order chi connectivity index (χ0) is 16.3. The van der Waals surface area contributed by atoms with Gasteiger partial charge in [-0.2, -0.15) is 13.2 Å². The summed E-state index contributed by atoms with van der Waals surface area (Å²) in [6.07, 6.45) is -4.78. The lowest BCUT2D eigenvalue weighted by molar-refractivity contribution is -0.216. The lowest BCUT2D eigenvalue weighted by Gasteiger charge is -2.31. The fraction of sp³-hybridized carbons (Fsp3) is 0.846. The largest absolute Gasteiger partial charge is 0.467 e. The molecule has 1 aliphatic heterocycles. The van der Waals surface area contributed by atoms with Crippen molar-refractivity contribution < 1.29 is 27.5 Å². The Morgan fingerprint density at radius 1 is 1.38 bits per heavy atom. The lowest BCUT2D eigenvalue weighted by atomic mass is 9.84. The molecule has 0 aromatic heterocycles. The van der Waals surface area contributed by atoms with Crippen LogP contribution in [-0.4, -0.2) is 44.3 Å². The highest BCUT2D eigenvalue weighted by Crippen LogP contribution is 2.43. The third kappa shape index (κ3) is 3.87. The molecule has 0 bridgehead atoms. The van der Waals surface area contributed by atoms with Crippen LogP contribution >= 0.6 is 0 Å². The molecular formula is C13H21F3N2O3. The summed E-state index contributed by atoms with van der Waals surface area (Å²) in [6.45, 7) is 3.25. The number of nitrogens with one attached hydrogen (secondary N) is 2. The van der Waals surface area contributed by atoms with Crippen molar-refractivity contribution in [3.8, 4) is 0 Å². The molecule has 1 rings (SSSR count). The first-order valence-electron chi connectivity index (χ1n) is 6.80. The summed E-state index contributed by atoms with van der Waals surface area (Å²) in [6, 6.07) is -1.07. The molecule has 0 spiro atoms. The molecule has 122 valence electrons. The summed E-state index contributed by atoms with van der Waals surface area (Å²) >= 11 is 0. The molecule has 0 saturated carbocycles. The topological polar surface area (TPSA) is 67.4 Å². The first-order valence-corrected chi connectivity index (χ1v) is 6.80. The van der Waals surface area contributed by atoms with Gasteiger partial charge in [-0.05, 0) is 25.3 Å². The van der Waals surface area contributed by atoms with Gasteiger partial charge in [0.1, 0.15) is 6.04 Å². The molecule has 1 amide bonds. The van der Waals surface area contributed by atoms with E-state index in [1.54, 1.807) is 13.8 Å². The van der Waals surface area contributed by atoms with Gasteiger partial charge in [-0.3, -0.25) is 4.79 Å². The van der Waals surface area contributed by atoms with Crippen molar-refractivity contribution in [2.24, 2.45) is 11.3 Å². The fourth-order valence-electron chi connectivity index (χ4n) is 2.38. The van der Waals surface area contributed by atoms with Crippen molar-refractivity contribution in [3.63, 3.8) is 0 Å². The van der Waals surface area contributed by atoms with E-state index in [1.807, 2.05) is 0 Å². The Morgan fingerprint density at radius 3 is 2.38 bits per heavy atom. The number of carbonyl (C=O) groups excluding carboxylic acids is 2. The summed E-state index contributed by atoms with van der Waals surface area (Å²) in [5, 5.41) is 4.78. The van der Waals surface area contributed by atoms with E-state index in [0.717, 1.165) is 7.11 Å². The molecule has 8 heteroatoms. The van der Waals surface area contributed by atoms with Gasteiger partial charge in [0, 0.05) is 6.54 Å². The molecule has 21 heavy (non-hydrogen) atoms. The molecule has 1 aliphatic rings. The standard InChI is InChI=1S/C13H21F3N2O3/c1-8(2)6-9(10(19)21-3)18-11(20)12(13(14,15)16)4-5-17-7-12/h8-9,17H,4-7H2,1-3H3,(H,18,20). The van der Waals surface area contributed by atoms with Crippen LogP contribution in [-0.2, 0) is 14.3 Å². The molecule has 2 unspecified atom stereocenters. The zero-order valence-corrected chi connectivity index (χ0v) is 12.3. The molecule has 0 aliphatic carbocycles. The van der Waals surface area contributed by atoms with Crippen LogP contribution in [0.25, 0.3) is 0 Å². The van der Waals surface area contributed by atoms with E-state index in [2.05, 4.69) is 15.4 Å². The Bertz CT molecular complexity index is 391. The number of carbonyl (C=O) groups is 2. The maximum absolute atomic E-state index is 13.2. The summed E-state index contributed by atoms with van der Waals surface area (Å²) in [5.41, 5.74) is -2.48. The minimum Gasteiger partial charge on any atom is -0.467 e. The summed E-state index contributed by atoms with van der Waals surface area (Å²) < 4.78 is 44.3. The normalized spacial score (nSPS) is 24.0. The molecule has 2 N–H and O–H groups in total. The lowest BCUT2D eigenvalue weighted by Crippen LogP contribution is -2.56. The maximum atomic E-state index is 13.2. The smallest absolute Gasteiger partial charge is 0.404 e. The van der Waals surface area contributed by atoms with E-state index in [1.165, 1.54) is 0 Å². The molecule has 5 nitrogen and oxygen atoms in total. The molecule has 1 fully saturated rings. The van der Waals surface area contributed by atoms with Crippen LogP contribution in [0.1, 0.15) is 26.7 Å². The van der Waals surface area contributed by atoms with Crippen molar-refractivity contribution in [1.82, 2.24) is 10.6 Å². The van der Waals surface area contributed by atoms with Gasteiger partial charge < -0.3 is 15.4 Å². The SMILES string of the molecule is COC(=O)C(CC(C)C)NC(=O)C1(C(F)(F)F)CCNC1. The highest BCUT2D eigenvalue weighted by molar-refractivity contribution is 5.89. The Hall–Kier alpha value is -1.31. The van der Waals surface area contributed by atoms with Crippen molar-refractivity contribution in [2.45, 2.75) is 38.9 Å². The molecule has 1 saturated heterocycles. The van der Waals surface area contributed by atoms with E-state index in [4.69, 9.17) is 0 Å². The highest BCUT2D eigenvalue weighted by Gasteiger charge is 2.61. The first-order chi connectivity index (χ1) is 9.64. The molecule has 0 aromatic rings. The quantitative estimate of drug-likeness (QED) is 0.750. The number of methoxy groups -OCH3 is 1. The van der Waals surface area contributed by atoms with Crippen LogP contribution in [0.2, 0.25) is 0 Å². The first kappa shape index (κ1) is 17.7. The van der Waals surface area contributed by atoms with Gasteiger partial charge in [0.05, 0.1) is 7.11 Å². The molecule has 2 atom stereocenters. The number of hydrogen-bond acceptors (Lipinski definition) is 4. The van der Waals surface area contributed by atoms with E-state index in [0.29, 0.717) is 0 Å². The number of halogens is 3. The number of alkyl halides is 3. The average Bonchev–Trinajstić information content (AvgIpc) is 2.86. The Balaban J connectivity index is 2.91. The van der Waals surface area contributed by atoms with Crippen molar-refractivity contribution in [3.05, 3.63) is 0 Å². The minimum atomic E-state index is -4.67. The van der Waals surface area contributed by atoms with E-state index >= 15 is 0 Å². The van der Waals surface area contributed by atoms with Crippen molar-refractivity contribution >= 4 is 11.9 Å². The van der Waals surface area contributed by atoms with Crippen LogP contribution in [0.3, 0.4) is 0 Å². The number of ether oxygens (including phenoxy) is 1. The second-order valence-corrected chi connectivity index (χ2v) is 5.69. The average molecular weight is 310 g/mol. The summed E-state index contributed by atoms with van der Waals surface area (Å²) in [5.74, 6) is -1.88. The third-order valence-electron chi connectivity index (χ3n) is 3.63. The summed E-state index contributed by atoms with van der Waals surface area (Å²) in [7, 11) is 1.14. The van der Waals surface area contributed by atoms with Crippen LogP contribution in [0.5, 0.6) is 0 Å². The molecule has 1 heterocycles. The second kappa shape index (κ2) is 6.64. The zero-order valence-electron chi connectivity index (χ0n) is 12.3. The number of amides is 1. The Kier molecular flexibility index (Phi) is 5.61. The van der Waals surface area contributed by atoms with Gasteiger partial charge in [0.2, 0.25) is 5.91 Å². The van der Waals surface area contributed by atoms with Crippen LogP contribution in [0.4, 0.5) is 13.2 Å². The van der Waals surface area contributed by atoms with Gasteiger partial charge in [0.15, 0.2) is 5.41 Å². The monoisotopic (exact) mass is 310 g/mol. The van der Waals surface area contributed by atoms with E-state index in [9.17, 15) is 22.8 Å². The minimum absolute atomic E-state index is 0.0259. The van der Waals surface area contributed by atoms with Crippen LogP contribution < -0.4 is 10.6 Å².